The molecule has 0 bridgehead atoms. The molecule has 0 aliphatic carbocycles. The van der Waals surface area contributed by atoms with Gasteiger partial charge in [-0.1, -0.05) is 13.8 Å². The minimum absolute atomic E-state index is 0.0703. The quantitative estimate of drug-likeness (QED) is 0.667. The molecule has 2 heterocycles. The second-order valence-electron chi connectivity index (χ2n) is 4.59. The van der Waals surface area contributed by atoms with Gasteiger partial charge in [0.05, 0.1) is 12.1 Å². The van der Waals surface area contributed by atoms with Gasteiger partial charge in [0.1, 0.15) is 5.52 Å². The molecule has 2 aromatic heterocycles. The van der Waals surface area contributed by atoms with Crippen molar-refractivity contribution >= 4 is 32.8 Å². The molecule has 116 valence electrons. The van der Waals surface area contributed by atoms with Crippen molar-refractivity contribution in [3.8, 4) is 0 Å². The third kappa shape index (κ3) is 4.03. The number of nitrogens with zero attached hydrogens (tertiary/aromatic N) is 3. The highest BCUT2D eigenvalue weighted by Crippen LogP contribution is 2.18. The highest BCUT2D eigenvalue weighted by Gasteiger charge is 2.11. The molecule has 2 rings (SSSR count). The van der Waals surface area contributed by atoms with E-state index in [1.807, 2.05) is 0 Å². The molecule has 0 aliphatic rings. The van der Waals surface area contributed by atoms with Gasteiger partial charge >= 0.3 is 0 Å². The van der Waals surface area contributed by atoms with Crippen LogP contribution >= 0.6 is 0 Å². The Hall–Kier alpha value is -1.90. The smallest absolute Gasteiger partial charge is 0.226 e. The van der Waals surface area contributed by atoms with E-state index in [1.54, 1.807) is 6.92 Å². The number of aromatic nitrogens is 4. The van der Waals surface area contributed by atoms with Crippen molar-refractivity contribution in [2.45, 2.75) is 20.3 Å². The fourth-order valence-corrected chi connectivity index (χ4v) is 2.45. The van der Waals surface area contributed by atoms with Gasteiger partial charge in [0, 0.05) is 18.8 Å². The van der Waals surface area contributed by atoms with Gasteiger partial charge in [0.2, 0.25) is 5.95 Å². The van der Waals surface area contributed by atoms with E-state index in [1.165, 1.54) is 6.33 Å². The molecule has 0 saturated heterocycles. The van der Waals surface area contributed by atoms with E-state index in [-0.39, 0.29) is 11.5 Å². The lowest BCUT2D eigenvalue weighted by atomic mass is 10.4. The molecule has 0 fully saturated rings. The molecule has 3 N–H and O–H groups in total. The van der Waals surface area contributed by atoms with Crippen LogP contribution in [0.15, 0.2) is 6.33 Å². The molecule has 0 amide bonds. The molecule has 21 heavy (non-hydrogen) atoms. The summed E-state index contributed by atoms with van der Waals surface area (Å²) in [5.41, 5.74) is 1.22. The second kappa shape index (κ2) is 6.70. The standard InChI is InChI=1S/C12H20N6O2S/c1-3-5-14-12-17-10(9-11(18-12)16-8-15-9)13-6-7-21(19,20)4-2/h8H,3-7H2,1-2H3,(H3,13,14,15,16,17,18). The van der Waals surface area contributed by atoms with Crippen molar-refractivity contribution in [3.05, 3.63) is 6.33 Å². The molecule has 0 unspecified atom stereocenters. The van der Waals surface area contributed by atoms with Gasteiger partial charge in [-0.3, -0.25) is 0 Å². The Morgan fingerprint density at radius 2 is 2.00 bits per heavy atom. The van der Waals surface area contributed by atoms with E-state index in [0.29, 0.717) is 29.5 Å². The van der Waals surface area contributed by atoms with Gasteiger partial charge in [-0.05, 0) is 6.42 Å². The lowest BCUT2D eigenvalue weighted by Crippen LogP contribution is -2.18. The molecule has 0 atom stereocenters. The molecule has 9 heteroatoms. The topological polar surface area (TPSA) is 113 Å². The molecular formula is C12H20N6O2S. The fourth-order valence-electron chi connectivity index (χ4n) is 1.75. The van der Waals surface area contributed by atoms with Crippen LogP contribution in [0.5, 0.6) is 0 Å². The van der Waals surface area contributed by atoms with Crippen molar-refractivity contribution in [1.29, 1.82) is 0 Å². The summed E-state index contributed by atoms with van der Waals surface area (Å²) in [7, 11) is -3.00. The van der Waals surface area contributed by atoms with Crippen LogP contribution in [0.25, 0.3) is 11.2 Å². The lowest BCUT2D eigenvalue weighted by molar-refractivity contribution is 0.597. The zero-order chi connectivity index (χ0) is 15.3. The Morgan fingerprint density at radius 3 is 2.71 bits per heavy atom. The molecule has 2 aromatic rings. The zero-order valence-corrected chi connectivity index (χ0v) is 13.0. The first-order valence-electron chi connectivity index (χ1n) is 6.95. The van der Waals surface area contributed by atoms with E-state index in [9.17, 15) is 8.42 Å². The van der Waals surface area contributed by atoms with Crippen molar-refractivity contribution in [2.24, 2.45) is 0 Å². The van der Waals surface area contributed by atoms with Crippen LogP contribution in [0, 0.1) is 0 Å². The number of nitrogens with one attached hydrogen (secondary N) is 3. The van der Waals surface area contributed by atoms with E-state index >= 15 is 0 Å². The number of fused-ring (bicyclic) bond motifs is 1. The SMILES string of the molecule is CCCNc1nc(NCCS(=O)(=O)CC)c2[nH]cnc2n1. The maximum Gasteiger partial charge on any atom is 0.226 e. The number of H-pyrrole nitrogens is 1. The number of rotatable bonds is 8. The van der Waals surface area contributed by atoms with Gasteiger partial charge in [-0.15, -0.1) is 0 Å². The molecule has 0 aromatic carbocycles. The summed E-state index contributed by atoms with van der Waals surface area (Å²) < 4.78 is 23.0. The zero-order valence-electron chi connectivity index (χ0n) is 12.2. The first-order valence-corrected chi connectivity index (χ1v) is 8.77. The Bertz CT molecular complexity index is 697. The van der Waals surface area contributed by atoms with Gasteiger partial charge in [-0.2, -0.15) is 9.97 Å². The summed E-state index contributed by atoms with van der Waals surface area (Å²) in [6, 6.07) is 0. The average molecular weight is 312 g/mol. The van der Waals surface area contributed by atoms with Crippen molar-refractivity contribution in [3.63, 3.8) is 0 Å². The maximum atomic E-state index is 11.5. The highest BCUT2D eigenvalue weighted by molar-refractivity contribution is 7.91. The summed E-state index contributed by atoms with van der Waals surface area (Å²) in [5, 5.41) is 6.14. The van der Waals surface area contributed by atoms with Gasteiger partial charge < -0.3 is 15.6 Å². The lowest BCUT2D eigenvalue weighted by Gasteiger charge is -2.09. The second-order valence-corrected chi connectivity index (χ2v) is 7.06. The number of anilines is 2. The number of imidazole rings is 1. The molecule has 0 saturated carbocycles. The number of hydrogen-bond acceptors (Lipinski definition) is 7. The molecule has 8 nitrogen and oxygen atoms in total. The van der Waals surface area contributed by atoms with E-state index in [0.717, 1.165) is 13.0 Å². The Morgan fingerprint density at radius 1 is 1.19 bits per heavy atom. The summed E-state index contributed by atoms with van der Waals surface area (Å²) in [4.78, 5) is 15.7. The first kappa shape index (κ1) is 15.5. The van der Waals surface area contributed by atoms with Crippen LogP contribution in [0.4, 0.5) is 11.8 Å². The molecule has 0 spiro atoms. The predicted octanol–water partition coefficient (Wildman–Crippen LogP) is 1.02. The van der Waals surface area contributed by atoms with Gasteiger partial charge in [0.15, 0.2) is 21.3 Å². The van der Waals surface area contributed by atoms with E-state index in [4.69, 9.17) is 0 Å². The Balaban J connectivity index is 2.15. The van der Waals surface area contributed by atoms with Crippen molar-refractivity contribution < 1.29 is 8.42 Å². The van der Waals surface area contributed by atoms with Crippen LogP contribution in [0.2, 0.25) is 0 Å². The minimum Gasteiger partial charge on any atom is -0.367 e. The van der Waals surface area contributed by atoms with Crippen LogP contribution in [-0.2, 0) is 9.84 Å². The molecule has 0 radical (unpaired) electrons. The number of sulfone groups is 1. The number of hydrogen-bond donors (Lipinski definition) is 3. The normalized spacial score (nSPS) is 11.7. The maximum absolute atomic E-state index is 11.5. The van der Waals surface area contributed by atoms with E-state index < -0.39 is 9.84 Å². The van der Waals surface area contributed by atoms with Gasteiger partial charge in [0.25, 0.3) is 0 Å². The minimum atomic E-state index is -3.00. The monoisotopic (exact) mass is 312 g/mol. The highest BCUT2D eigenvalue weighted by atomic mass is 32.2. The van der Waals surface area contributed by atoms with E-state index in [2.05, 4.69) is 37.5 Å². The number of aromatic amines is 1. The summed E-state index contributed by atoms with van der Waals surface area (Å²) in [6.07, 6.45) is 2.50. The molecular weight excluding hydrogens is 292 g/mol. The predicted molar refractivity (Wildman–Crippen MR) is 83.3 cm³/mol. The average Bonchev–Trinajstić information content (AvgIpc) is 2.93. The third-order valence-electron chi connectivity index (χ3n) is 2.96. The van der Waals surface area contributed by atoms with Crippen LogP contribution < -0.4 is 10.6 Å². The van der Waals surface area contributed by atoms with Crippen LogP contribution in [-0.4, -0.2) is 52.9 Å². The van der Waals surface area contributed by atoms with Gasteiger partial charge in [-0.25, -0.2) is 13.4 Å². The Labute approximate surface area is 123 Å². The largest absolute Gasteiger partial charge is 0.367 e. The summed E-state index contributed by atoms with van der Waals surface area (Å²) >= 11 is 0. The van der Waals surface area contributed by atoms with Crippen molar-refractivity contribution in [1.82, 2.24) is 19.9 Å². The van der Waals surface area contributed by atoms with Crippen molar-refractivity contribution in [2.75, 3.05) is 35.2 Å². The first-order chi connectivity index (χ1) is 10.1. The Kier molecular flexibility index (Phi) is 4.94. The van der Waals surface area contributed by atoms with Crippen LogP contribution in [0.3, 0.4) is 0 Å². The third-order valence-corrected chi connectivity index (χ3v) is 4.67. The summed E-state index contributed by atoms with van der Waals surface area (Å²) in [6.45, 7) is 4.75. The summed E-state index contributed by atoms with van der Waals surface area (Å²) in [5.74, 6) is 1.25. The van der Waals surface area contributed by atoms with Crippen LogP contribution in [0.1, 0.15) is 20.3 Å². The molecule has 0 aliphatic heterocycles. The fraction of sp³-hybridized carbons (Fsp3) is 0.583.